The van der Waals surface area contributed by atoms with Gasteiger partial charge in [-0.05, 0) is 44.0 Å². The summed E-state index contributed by atoms with van der Waals surface area (Å²) in [6.45, 7) is 3.51. The van der Waals surface area contributed by atoms with Gasteiger partial charge in [0.2, 0.25) is 5.91 Å². The summed E-state index contributed by atoms with van der Waals surface area (Å²) < 4.78 is 10.8. The number of nitrogens with one attached hydrogen (secondary N) is 3. The van der Waals surface area contributed by atoms with Gasteiger partial charge in [0, 0.05) is 18.7 Å². The molecule has 0 aromatic heterocycles. The molecule has 11 heteroatoms. The Bertz CT molecular complexity index is 922. The first kappa shape index (κ1) is 22.6. The second kappa shape index (κ2) is 10.8. The summed E-state index contributed by atoms with van der Waals surface area (Å²) in [6.07, 6.45) is 1.95. The van der Waals surface area contributed by atoms with E-state index in [1.54, 1.807) is 12.1 Å². The number of rotatable bonds is 7. The largest absolute Gasteiger partial charge is 0.494 e. The molecule has 0 aliphatic carbocycles. The summed E-state index contributed by atoms with van der Waals surface area (Å²) in [5.74, 6) is -1.42. The average molecular weight is 446 g/mol. The highest BCUT2D eigenvalue weighted by Gasteiger charge is 2.26. The van der Waals surface area contributed by atoms with Gasteiger partial charge < -0.3 is 14.8 Å². The van der Waals surface area contributed by atoms with Gasteiger partial charge in [-0.3, -0.25) is 25.1 Å². The van der Waals surface area contributed by atoms with Crippen LogP contribution >= 0.6 is 11.8 Å². The van der Waals surface area contributed by atoms with Crippen molar-refractivity contribution in [2.24, 2.45) is 9.98 Å². The van der Waals surface area contributed by atoms with Gasteiger partial charge in [-0.2, -0.15) is 4.99 Å². The van der Waals surface area contributed by atoms with E-state index < -0.39 is 17.6 Å². The fraction of sp³-hybridized carbons (Fsp3) is 0.400. The monoisotopic (exact) mass is 445 g/mol. The molecule has 0 bridgehead atoms. The fourth-order valence-electron chi connectivity index (χ4n) is 2.86. The van der Waals surface area contributed by atoms with Crippen LogP contribution in [0.4, 0.5) is 0 Å². The van der Waals surface area contributed by atoms with Gasteiger partial charge >= 0.3 is 0 Å². The maximum Gasteiger partial charge on any atom is 0.279 e. The van der Waals surface area contributed by atoms with Crippen LogP contribution in [0.1, 0.15) is 30.1 Å². The molecule has 2 heterocycles. The Morgan fingerprint density at radius 3 is 2.81 bits per heavy atom. The van der Waals surface area contributed by atoms with Crippen molar-refractivity contribution >= 4 is 46.2 Å². The Hall–Kier alpha value is -3.05. The smallest absolute Gasteiger partial charge is 0.279 e. The van der Waals surface area contributed by atoms with Crippen molar-refractivity contribution < 1.29 is 23.9 Å². The number of nitrogens with zero attached hydrogens (tertiary/aromatic N) is 2. The van der Waals surface area contributed by atoms with Crippen LogP contribution in [-0.2, 0) is 14.3 Å². The Kier molecular flexibility index (Phi) is 7.90. The molecule has 164 valence electrons. The summed E-state index contributed by atoms with van der Waals surface area (Å²) in [5.41, 5.74) is -0.130. The number of aliphatic imine (C=N–C) groups is 2. The first-order chi connectivity index (χ1) is 15.0. The Labute approximate surface area is 183 Å². The molecule has 3 amide bonds. The van der Waals surface area contributed by atoms with Crippen molar-refractivity contribution in [3.8, 4) is 5.75 Å². The van der Waals surface area contributed by atoms with Gasteiger partial charge in [-0.15, -0.1) is 0 Å². The van der Waals surface area contributed by atoms with Gasteiger partial charge in [0.25, 0.3) is 11.8 Å². The number of ether oxygens (including phenoxy) is 2. The lowest BCUT2D eigenvalue weighted by Crippen LogP contribution is -2.44. The molecule has 2 aliphatic heterocycles. The molecule has 1 saturated heterocycles. The lowest BCUT2D eigenvalue weighted by molar-refractivity contribution is -0.119. The highest BCUT2D eigenvalue weighted by Crippen LogP contribution is 2.14. The zero-order valence-corrected chi connectivity index (χ0v) is 17.8. The predicted molar refractivity (Wildman–Crippen MR) is 117 cm³/mol. The van der Waals surface area contributed by atoms with Gasteiger partial charge in [-0.1, -0.05) is 11.8 Å². The van der Waals surface area contributed by atoms with E-state index in [0.29, 0.717) is 25.5 Å². The van der Waals surface area contributed by atoms with E-state index in [1.165, 1.54) is 12.1 Å². The minimum Gasteiger partial charge on any atom is -0.494 e. The Morgan fingerprint density at radius 1 is 1.39 bits per heavy atom. The lowest BCUT2D eigenvalue weighted by atomic mass is 10.2. The van der Waals surface area contributed by atoms with Crippen molar-refractivity contribution in [3.63, 3.8) is 0 Å². The molecule has 0 spiro atoms. The molecule has 0 radical (unpaired) electrons. The van der Waals surface area contributed by atoms with E-state index in [9.17, 15) is 14.4 Å². The summed E-state index contributed by atoms with van der Waals surface area (Å²) >= 11 is 0.990. The number of hydrogen-bond donors (Lipinski definition) is 3. The minimum atomic E-state index is -0.721. The molecule has 1 aromatic carbocycles. The number of carbonyl (C=O) groups is 3. The zero-order valence-electron chi connectivity index (χ0n) is 17.0. The number of amidine groups is 2. The molecule has 0 saturated carbocycles. The van der Waals surface area contributed by atoms with Crippen molar-refractivity contribution in [1.82, 2.24) is 10.6 Å². The molecular weight excluding hydrogens is 422 g/mol. The molecule has 1 fully saturated rings. The maximum atomic E-state index is 12.3. The van der Waals surface area contributed by atoms with Crippen LogP contribution in [-0.4, -0.2) is 66.1 Å². The third kappa shape index (κ3) is 6.46. The Morgan fingerprint density at radius 2 is 2.16 bits per heavy atom. The van der Waals surface area contributed by atoms with E-state index in [4.69, 9.17) is 14.9 Å². The molecule has 1 atom stereocenters. The van der Waals surface area contributed by atoms with Crippen LogP contribution in [0.25, 0.3) is 0 Å². The molecule has 3 rings (SSSR count). The van der Waals surface area contributed by atoms with Crippen LogP contribution in [0.5, 0.6) is 5.75 Å². The van der Waals surface area contributed by atoms with E-state index in [0.717, 1.165) is 24.6 Å². The summed E-state index contributed by atoms with van der Waals surface area (Å²) in [4.78, 5) is 44.2. The third-order valence-electron chi connectivity index (χ3n) is 4.39. The number of thioether (sulfide) groups is 1. The van der Waals surface area contributed by atoms with E-state index >= 15 is 0 Å². The van der Waals surface area contributed by atoms with Crippen LogP contribution < -0.4 is 15.4 Å². The standard InChI is InChI=1S/C20H23N5O5S/c1-2-29-13-7-5-12(6-8-13)18(27)23-16-17(21)24-20(25-19(16)28)31-11-15(26)22-10-14-4-3-9-30-14/h5-8,14H,2-4,9-11H2,1H3,(H,22,26)(H2,21,24,25,28). The Balaban J connectivity index is 1.54. The predicted octanol–water partition coefficient (Wildman–Crippen LogP) is 1.16. The molecule has 2 aliphatic rings. The summed E-state index contributed by atoms with van der Waals surface area (Å²) in [7, 11) is 0. The molecule has 3 N–H and O–H groups in total. The van der Waals surface area contributed by atoms with Crippen molar-refractivity contribution in [1.29, 1.82) is 5.41 Å². The second-order valence-corrected chi connectivity index (χ2v) is 7.63. The number of amides is 3. The second-order valence-electron chi connectivity index (χ2n) is 6.67. The quantitative estimate of drug-likeness (QED) is 0.575. The first-order valence-corrected chi connectivity index (χ1v) is 10.8. The highest BCUT2D eigenvalue weighted by molar-refractivity contribution is 8.14. The van der Waals surface area contributed by atoms with E-state index in [2.05, 4.69) is 20.6 Å². The van der Waals surface area contributed by atoms with E-state index in [1.807, 2.05) is 6.92 Å². The van der Waals surface area contributed by atoms with Crippen LogP contribution in [0.2, 0.25) is 0 Å². The molecule has 10 nitrogen and oxygen atoms in total. The van der Waals surface area contributed by atoms with Crippen molar-refractivity contribution in [2.45, 2.75) is 25.9 Å². The molecule has 1 unspecified atom stereocenters. The zero-order chi connectivity index (χ0) is 22.2. The molecule has 1 aromatic rings. The maximum absolute atomic E-state index is 12.3. The third-order valence-corrected chi connectivity index (χ3v) is 5.26. The fourth-order valence-corrected chi connectivity index (χ4v) is 3.55. The van der Waals surface area contributed by atoms with Crippen LogP contribution in [0.3, 0.4) is 0 Å². The molecular formula is C20H23N5O5S. The van der Waals surface area contributed by atoms with Gasteiger partial charge in [0.1, 0.15) is 5.75 Å². The minimum absolute atomic E-state index is 0.0245. The van der Waals surface area contributed by atoms with Gasteiger partial charge in [0.05, 0.1) is 18.5 Å². The SMILES string of the molecule is CCOc1ccc(C(=O)N=C2C(=N)N=C(SCC(=O)NCC3CCCO3)NC2=O)cc1. The van der Waals surface area contributed by atoms with Gasteiger partial charge in [-0.25, -0.2) is 4.99 Å². The average Bonchev–Trinajstić information content (AvgIpc) is 3.28. The lowest BCUT2D eigenvalue weighted by Gasteiger charge is -2.15. The number of hydrogen-bond acceptors (Lipinski definition) is 7. The highest BCUT2D eigenvalue weighted by atomic mass is 32.2. The van der Waals surface area contributed by atoms with Crippen molar-refractivity contribution in [2.75, 3.05) is 25.5 Å². The van der Waals surface area contributed by atoms with Gasteiger partial charge in [0.15, 0.2) is 16.7 Å². The topological polar surface area (TPSA) is 142 Å². The summed E-state index contributed by atoms with van der Waals surface area (Å²) in [6, 6.07) is 6.31. The molecule has 31 heavy (non-hydrogen) atoms. The number of benzene rings is 1. The summed E-state index contributed by atoms with van der Waals surface area (Å²) in [5, 5.41) is 13.3. The van der Waals surface area contributed by atoms with Crippen LogP contribution in [0, 0.1) is 5.41 Å². The van der Waals surface area contributed by atoms with Crippen molar-refractivity contribution in [3.05, 3.63) is 29.8 Å². The normalized spacial score (nSPS) is 19.7. The van der Waals surface area contributed by atoms with E-state index in [-0.39, 0.29) is 34.2 Å². The first-order valence-electron chi connectivity index (χ1n) is 9.82. The number of carbonyl (C=O) groups excluding carboxylic acids is 3. The van der Waals surface area contributed by atoms with Crippen LogP contribution in [0.15, 0.2) is 34.3 Å².